The molecule has 0 N–H and O–H groups in total. The Hall–Kier alpha value is -1.76. The van der Waals surface area contributed by atoms with Crippen LogP contribution in [0.4, 0.5) is 0 Å². The van der Waals surface area contributed by atoms with Gasteiger partial charge < -0.3 is 4.74 Å². The average molecular weight is 186 g/mol. The molecule has 0 aliphatic rings. The zero-order valence-electron chi connectivity index (χ0n) is 8.36. The maximum Gasteiger partial charge on any atom is 0.119 e. The van der Waals surface area contributed by atoms with Gasteiger partial charge in [-0.05, 0) is 22.9 Å². The first-order chi connectivity index (χ1) is 6.90. The Morgan fingerprint density at radius 3 is 2.21 bits per heavy atom. The lowest BCUT2D eigenvalue weighted by Gasteiger charge is -2.00. The van der Waals surface area contributed by atoms with E-state index in [1.807, 2.05) is 24.3 Å². The molecule has 0 spiro atoms. The molecular weight excluding hydrogens is 172 g/mol. The summed E-state index contributed by atoms with van der Waals surface area (Å²) in [6, 6.07) is 14.3. The molecule has 14 heavy (non-hydrogen) atoms. The number of methoxy groups -OCH3 is 1. The quantitative estimate of drug-likeness (QED) is 0.618. The van der Waals surface area contributed by atoms with Gasteiger partial charge in [0.25, 0.3) is 0 Å². The second kappa shape index (κ2) is 5.07. The molecule has 0 saturated heterocycles. The minimum absolute atomic E-state index is 0.911. The third-order valence-corrected chi connectivity index (χ3v) is 1.96. The van der Waals surface area contributed by atoms with Crippen LogP contribution < -0.4 is 4.74 Å². The second-order valence-corrected chi connectivity index (χ2v) is 2.71. The third kappa shape index (κ3) is 2.13. The highest BCUT2D eigenvalue weighted by atomic mass is 16.5. The molecule has 72 valence electrons. The van der Waals surface area contributed by atoms with Gasteiger partial charge in [-0.1, -0.05) is 30.3 Å². The van der Waals surface area contributed by atoms with Crippen LogP contribution in [0.5, 0.6) is 5.75 Å². The molecule has 0 bridgehead atoms. The molecule has 2 rings (SSSR count). The third-order valence-electron chi connectivity index (χ3n) is 1.96. The topological polar surface area (TPSA) is 9.23 Å². The van der Waals surface area contributed by atoms with Gasteiger partial charge in [0.2, 0.25) is 0 Å². The summed E-state index contributed by atoms with van der Waals surface area (Å²) in [4.78, 5) is 0. The summed E-state index contributed by atoms with van der Waals surface area (Å²) in [5.74, 6) is 0.911. The lowest BCUT2D eigenvalue weighted by atomic mass is 10.1. The molecule has 0 saturated carbocycles. The fourth-order valence-corrected chi connectivity index (χ4v) is 1.29. The smallest absolute Gasteiger partial charge is 0.119 e. The summed E-state index contributed by atoms with van der Waals surface area (Å²) in [6.45, 7) is 6.00. The molecule has 2 aromatic rings. The predicted octanol–water partition coefficient (Wildman–Crippen LogP) is 3.65. The molecule has 0 radical (unpaired) electrons. The van der Waals surface area contributed by atoms with Crippen LogP contribution in [0, 0.1) is 0 Å². The van der Waals surface area contributed by atoms with Crippen LogP contribution in [0.1, 0.15) is 0 Å². The van der Waals surface area contributed by atoms with Gasteiger partial charge in [0.1, 0.15) is 5.75 Å². The van der Waals surface area contributed by atoms with E-state index in [9.17, 15) is 0 Å². The highest BCUT2D eigenvalue weighted by Crippen LogP contribution is 2.19. The Labute approximate surface area is 84.6 Å². The molecule has 0 fully saturated rings. The van der Waals surface area contributed by atoms with E-state index in [0.717, 1.165) is 5.75 Å². The van der Waals surface area contributed by atoms with Crippen molar-refractivity contribution >= 4 is 10.8 Å². The van der Waals surface area contributed by atoms with Crippen LogP contribution in [0.3, 0.4) is 0 Å². The average Bonchev–Trinajstić information content (AvgIpc) is 2.31. The van der Waals surface area contributed by atoms with Crippen molar-refractivity contribution in [2.75, 3.05) is 7.11 Å². The first kappa shape index (κ1) is 10.3. The van der Waals surface area contributed by atoms with Crippen molar-refractivity contribution in [1.82, 2.24) is 0 Å². The number of ether oxygens (including phenoxy) is 1. The molecule has 0 aliphatic carbocycles. The SMILES string of the molecule is C=C.COc1ccc2ccccc2c1. The molecule has 1 nitrogen and oxygen atoms in total. The highest BCUT2D eigenvalue weighted by Gasteiger charge is 1.93. The minimum Gasteiger partial charge on any atom is -0.497 e. The number of fused-ring (bicyclic) bond motifs is 1. The Morgan fingerprint density at radius 1 is 0.929 bits per heavy atom. The van der Waals surface area contributed by atoms with Crippen LogP contribution in [0.25, 0.3) is 10.8 Å². The summed E-state index contributed by atoms with van der Waals surface area (Å²) in [7, 11) is 1.68. The van der Waals surface area contributed by atoms with Gasteiger partial charge in [-0.25, -0.2) is 0 Å². The van der Waals surface area contributed by atoms with Gasteiger partial charge >= 0.3 is 0 Å². The van der Waals surface area contributed by atoms with Crippen LogP contribution in [-0.2, 0) is 0 Å². The van der Waals surface area contributed by atoms with E-state index in [0.29, 0.717) is 0 Å². The van der Waals surface area contributed by atoms with Crippen LogP contribution in [-0.4, -0.2) is 7.11 Å². The van der Waals surface area contributed by atoms with E-state index in [2.05, 4.69) is 31.4 Å². The fraction of sp³-hybridized carbons (Fsp3) is 0.0769. The van der Waals surface area contributed by atoms with Gasteiger partial charge in [-0.2, -0.15) is 0 Å². The molecule has 0 aliphatic heterocycles. The molecule has 1 heteroatoms. The lowest BCUT2D eigenvalue weighted by Crippen LogP contribution is -1.81. The van der Waals surface area contributed by atoms with E-state index in [-0.39, 0.29) is 0 Å². The zero-order valence-corrected chi connectivity index (χ0v) is 8.36. The molecule has 0 heterocycles. The number of hydrogen-bond donors (Lipinski definition) is 0. The summed E-state index contributed by atoms with van der Waals surface area (Å²) >= 11 is 0. The van der Waals surface area contributed by atoms with Crippen LogP contribution in [0.15, 0.2) is 55.6 Å². The first-order valence-corrected chi connectivity index (χ1v) is 4.43. The predicted molar refractivity (Wildman–Crippen MR) is 61.8 cm³/mol. The number of hydrogen-bond acceptors (Lipinski definition) is 1. The van der Waals surface area contributed by atoms with Crippen molar-refractivity contribution in [3.05, 3.63) is 55.6 Å². The minimum atomic E-state index is 0.911. The Bertz CT molecular complexity index is 407. The summed E-state index contributed by atoms with van der Waals surface area (Å²) in [5, 5.41) is 2.47. The summed E-state index contributed by atoms with van der Waals surface area (Å²) < 4.78 is 5.12. The van der Waals surface area contributed by atoms with Gasteiger partial charge in [0, 0.05) is 0 Å². The monoisotopic (exact) mass is 186 g/mol. The van der Waals surface area contributed by atoms with Crippen LogP contribution in [0.2, 0.25) is 0 Å². The molecule has 0 atom stereocenters. The second-order valence-electron chi connectivity index (χ2n) is 2.71. The molecule has 2 aromatic carbocycles. The Kier molecular flexibility index (Phi) is 3.74. The molecular formula is C13H14O. The van der Waals surface area contributed by atoms with E-state index < -0.39 is 0 Å². The molecule has 0 amide bonds. The summed E-state index contributed by atoms with van der Waals surface area (Å²) in [6.07, 6.45) is 0. The van der Waals surface area contributed by atoms with E-state index in [1.165, 1.54) is 10.8 Å². The van der Waals surface area contributed by atoms with Gasteiger partial charge in [-0.15, -0.1) is 13.2 Å². The van der Waals surface area contributed by atoms with Crippen LogP contribution >= 0.6 is 0 Å². The lowest BCUT2D eigenvalue weighted by molar-refractivity contribution is 0.415. The van der Waals surface area contributed by atoms with Crippen molar-refractivity contribution in [3.63, 3.8) is 0 Å². The zero-order chi connectivity index (χ0) is 10.4. The van der Waals surface area contributed by atoms with Crippen molar-refractivity contribution in [2.45, 2.75) is 0 Å². The largest absolute Gasteiger partial charge is 0.497 e. The number of benzene rings is 2. The maximum absolute atomic E-state index is 5.12. The summed E-state index contributed by atoms with van der Waals surface area (Å²) in [5.41, 5.74) is 0. The van der Waals surface area contributed by atoms with Crippen molar-refractivity contribution in [3.8, 4) is 5.75 Å². The van der Waals surface area contributed by atoms with Gasteiger partial charge in [0.05, 0.1) is 7.11 Å². The maximum atomic E-state index is 5.12. The van der Waals surface area contributed by atoms with Crippen molar-refractivity contribution in [2.24, 2.45) is 0 Å². The van der Waals surface area contributed by atoms with Crippen molar-refractivity contribution in [1.29, 1.82) is 0 Å². The standard InChI is InChI=1S/C11H10O.C2H4/c1-12-11-7-6-9-4-2-3-5-10(9)8-11;1-2/h2-8H,1H3;1-2H2. The molecule has 0 aromatic heterocycles. The van der Waals surface area contributed by atoms with Gasteiger partial charge in [0.15, 0.2) is 0 Å². The van der Waals surface area contributed by atoms with E-state index >= 15 is 0 Å². The normalized spacial score (nSPS) is 8.93. The van der Waals surface area contributed by atoms with E-state index in [4.69, 9.17) is 4.74 Å². The van der Waals surface area contributed by atoms with Gasteiger partial charge in [-0.3, -0.25) is 0 Å². The van der Waals surface area contributed by atoms with E-state index in [1.54, 1.807) is 7.11 Å². The van der Waals surface area contributed by atoms with Crippen molar-refractivity contribution < 1.29 is 4.74 Å². The fourth-order valence-electron chi connectivity index (χ4n) is 1.29. The first-order valence-electron chi connectivity index (χ1n) is 4.43. The Morgan fingerprint density at radius 2 is 1.57 bits per heavy atom. The Balaban J connectivity index is 0.000000461. The highest BCUT2D eigenvalue weighted by molar-refractivity contribution is 5.83. The number of rotatable bonds is 1. The molecule has 0 unspecified atom stereocenters.